The topological polar surface area (TPSA) is 36.9 Å². The quantitative estimate of drug-likeness (QED) is 0.116. The Labute approximate surface area is 189 Å². The van der Waals surface area contributed by atoms with Gasteiger partial charge in [-0.05, 0) is 25.7 Å². The molecule has 0 bridgehead atoms. The van der Waals surface area contributed by atoms with Crippen molar-refractivity contribution in [2.75, 3.05) is 27.9 Å². The first kappa shape index (κ1) is 28.9. The number of rotatable bonds is 19. The molecule has 28 heavy (non-hydrogen) atoms. The molecule has 4 nitrogen and oxygen atoms in total. The van der Waals surface area contributed by atoms with Crippen LogP contribution in [-0.4, -0.2) is 52.7 Å². The molecule has 8 heteroatoms. The number of alkyl halides is 3. The summed E-state index contributed by atoms with van der Waals surface area (Å²) in [6, 6.07) is 0. The highest BCUT2D eigenvalue weighted by atomic mass is 35.5. The van der Waals surface area contributed by atoms with Gasteiger partial charge in [0.1, 0.15) is 10.6 Å². The monoisotopic (exact) mass is 478 g/mol. The number of hydrogen-bond acceptors (Lipinski definition) is 4. The van der Waals surface area contributed by atoms with Gasteiger partial charge in [-0.1, -0.05) is 58.3 Å². The maximum Gasteiger partial charge on any atom is 0.530 e. The minimum Gasteiger partial charge on any atom is -0.375 e. The zero-order valence-electron chi connectivity index (χ0n) is 18.4. The van der Waals surface area contributed by atoms with E-state index in [0.29, 0.717) is 6.61 Å². The summed E-state index contributed by atoms with van der Waals surface area (Å²) in [5, 5.41) is -0.277. The standard InChI is InChI=1S/C20H41Cl3O4Si/c1-6-7-8-9-10-11-12-13-14-18(19(21)20(22)23)15-16-27-17(2)28(24-3,25-4)26-5/h17-20H,6-16H2,1-5H3. The Morgan fingerprint density at radius 2 is 1.25 bits per heavy atom. The Hall–Kier alpha value is 0.927. The van der Waals surface area contributed by atoms with Gasteiger partial charge >= 0.3 is 8.80 Å². The van der Waals surface area contributed by atoms with Crippen LogP contribution in [-0.2, 0) is 18.0 Å². The second-order valence-corrected chi connectivity index (χ2v) is 12.2. The molecule has 0 aromatic rings. The third-order valence-corrected chi connectivity index (χ3v) is 9.61. The van der Waals surface area contributed by atoms with Gasteiger partial charge in [0.15, 0.2) is 0 Å². The second kappa shape index (κ2) is 17.6. The van der Waals surface area contributed by atoms with Crippen LogP contribution < -0.4 is 0 Å². The van der Waals surface area contributed by atoms with Gasteiger partial charge < -0.3 is 18.0 Å². The van der Waals surface area contributed by atoms with Crippen LogP contribution in [0.1, 0.15) is 78.1 Å². The Morgan fingerprint density at radius 3 is 1.71 bits per heavy atom. The lowest BCUT2D eigenvalue weighted by molar-refractivity contribution is 0.0163. The normalized spacial score (nSPS) is 15.8. The smallest absolute Gasteiger partial charge is 0.375 e. The van der Waals surface area contributed by atoms with Crippen molar-refractivity contribution >= 4 is 43.6 Å². The minimum absolute atomic E-state index is 0.220. The zero-order chi connectivity index (χ0) is 21.4. The van der Waals surface area contributed by atoms with Crippen molar-refractivity contribution in [3.05, 3.63) is 0 Å². The van der Waals surface area contributed by atoms with Crippen LogP contribution in [0.25, 0.3) is 0 Å². The SMILES string of the molecule is CCCCCCCCCCC(CCOC(C)[Si](OC)(OC)OC)C(Cl)C(Cl)Cl. The van der Waals surface area contributed by atoms with Gasteiger partial charge in [-0.2, -0.15) is 0 Å². The molecule has 0 amide bonds. The van der Waals surface area contributed by atoms with Crippen LogP contribution in [0.2, 0.25) is 0 Å². The number of ether oxygens (including phenoxy) is 1. The van der Waals surface area contributed by atoms with Crippen molar-refractivity contribution in [3.8, 4) is 0 Å². The first-order valence-electron chi connectivity index (χ1n) is 10.6. The predicted molar refractivity (Wildman–Crippen MR) is 123 cm³/mol. The lowest BCUT2D eigenvalue weighted by atomic mass is 9.94. The van der Waals surface area contributed by atoms with E-state index >= 15 is 0 Å². The van der Waals surface area contributed by atoms with Crippen molar-refractivity contribution in [3.63, 3.8) is 0 Å². The van der Waals surface area contributed by atoms with E-state index in [0.717, 1.165) is 19.3 Å². The number of halogens is 3. The Bertz CT molecular complexity index is 352. The van der Waals surface area contributed by atoms with E-state index in [1.165, 1.54) is 44.9 Å². The largest absolute Gasteiger partial charge is 0.530 e. The molecule has 0 saturated carbocycles. The van der Waals surface area contributed by atoms with Gasteiger partial charge in [0.2, 0.25) is 0 Å². The summed E-state index contributed by atoms with van der Waals surface area (Å²) >= 11 is 18.6. The summed E-state index contributed by atoms with van der Waals surface area (Å²) in [4.78, 5) is -0.580. The minimum atomic E-state index is -2.80. The molecule has 0 rings (SSSR count). The maximum absolute atomic E-state index is 6.48. The summed E-state index contributed by atoms with van der Waals surface area (Å²) in [6.45, 7) is 4.70. The van der Waals surface area contributed by atoms with E-state index in [9.17, 15) is 0 Å². The fourth-order valence-electron chi connectivity index (χ4n) is 3.46. The van der Waals surface area contributed by atoms with Crippen molar-refractivity contribution in [2.24, 2.45) is 5.92 Å². The third kappa shape index (κ3) is 11.4. The molecule has 0 aliphatic carbocycles. The fraction of sp³-hybridized carbons (Fsp3) is 1.00. The molecular weight excluding hydrogens is 439 g/mol. The molecule has 0 saturated heterocycles. The van der Waals surface area contributed by atoms with Crippen LogP contribution in [0.15, 0.2) is 0 Å². The van der Waals surface area contributed by atoms with E-state index in [1.54, 1.807) is 21.3 Å². The summed E-state index contributed by atoms with van der Waals surface area (Å²) in [5.41, 5.74) is -0.257. The van der Waals surface area contributed by atoms with Crippen LogP contribution in [0, 0.1) is 5.92 Å². The average Bonchev–Trinajstić information content (AvgIpc) is 2.69. The summed E-state index contributed by atoms with van der Waals surface area (Å²) in [5.74, 6) is 0.220. The Balaban J connectivity index is 4.32. The fourth-order valence-corrected chi connectivity index (χ4v) is 5.94. The lowest BCUT2D eigenvalue weighted by Gasteiger charge is -2.30. The van der Waals surface area contributed by atoms with Gasteiger partial charge in [-0.25, -0.2) is 0 Å². The molecule has 0 radical (unpaired) electrons. The lowest BCUT2D eigenvalue weighted by Crippen LogP contribution is -2.54. The maximum atomic E-state index is 6.48. The van der Waals surface area contributed by atoms with Crippen LogP contribution in [0.3, 0.4) is 0 Å². The summed E-state index contributed by atoms with van der Waals surface area (Å²) in [6.07, 6.45) is 12.1. The highest BCUT2D eigenvalue weighted by Gasteiger charge is 2.46. The molecule has 0 aliphatic heterocycles. The Kier molecular flexibility index (Phi) is 18.2. The Morgan fingerprint density at radius 1 is 0.750 bits per heavy atom. The molecule has 0 aromatic heterocycles. The van der Waals surface area contributed by atoms with Gasteiger partial charge in [0.05, 0.1) is 5.38 Å². The van der Waals surface area contributed by atoms with Crippen LogP contribution >= 0.6 is 34.8 Å². The highest BCUT2D eigenvalue weighted by molar-refractivity contribution is 6.61. The van der Waals surface area contributed by atoms with E-state index in [2.05, 4.69) is 6.92 Å². The van der Waals surface area contributed by atoms with Crippen LogP contribution in [0.4, 0.5) is 0 Å². The predicted octanol–water partition coefficient (Wildman–Crippen LogP) is 6.76. The summed E-state index contributed by atoms with van der Waals surface area (Å²) in [7, 11) is 1.96. The molecule has 0 aliphatic rings. The van der Waals surface area contributed by atoms with E-state index < -0.39 is 13.6 Å². The third-order valence-electron chi connectivity index (χ3n) is 5.33. The van der Waals surface area contributed by atoms with Crippen molar-refractivity contribution in [2.45, 2.75) is 94.0 Å². The second-order valence-electron chi connectivity index (χ2n) is 7.32. The summed E-state index contributed by atoms with van der Waals surface area (Å²) < 4.78 is 22.4. The highest BCUT2D eigenvalue weighted by Crippen LogP contribution is 2.29. The van der Waals surface area contributed by atoms with E-state index in [4.69, 9.17) is 52.8 Å². The molecule has 0 spiro atoms. The van der Waals surface area contributed by atoms with Gasteiger partial charge in [-0.3, -0.25) is 0 Å². The zero-order valence-corrected chi connectivity index (χ0v) is 21.6. The van der Waals surface area contributed by atoms with Crippen LogP contribution in [0.5, 0.6) is 0 Å². The van der Waals surface area contributed by atoms with Gasteiger partial charge in [0.25, 0.3) is 0 Å². The molecule has 0 fully saturated rings. The molecule has 0 heterocycles. The first-order valence-corrected chi connectivity index (χ1v) is 13.7. The number of unbranched alkanes of at least 4 members (excludes halogenated alkanes) is 7. The first-order chi connectivity index (χ1) is 13.4. The van der Waals surface area contributed by atoms with Crippen molar-refractivity contribution < 1.29 is 18.0 Å². The number of hydrogen-bond donors (Lipinski definition) is 0. The molecule has 0 aromatic carbocycles. The average molecular weight is 480 g/mol. The molecular formula is C20H41Cl3O4Si. The molecule has 3 unspecified atom stereocenters. The van der Waals surface area contributed by atoms with E-state index in [1.807, 2.05) is 6.92 Å². The van der Waals surface area contributed by atoms with Crippen molar-refractivity contribution in [1.82, 2.24) is 0 Å². The molecule has 170 valence electrons. The van der Waals surface area contributed by atoms with Crippen molar-refractivity contribution in [1.29, 1.82) is 0 Å². The molecule has 0 N–H and O–H groups in total. The van der Waals surface area contributed by atoms with E-state index in [-0.39, 0.29) is 17.0 Å². The van der Waals surface area contributed by atoms with Gasteiger partial charge in [-0.15, -0.1) is 34.8 Å². The van der Waals surface area contributed by atoms with Gasteiger partial charge in [0, 0.05) is 27.9 Å². The molecule has 3 atom stereocenters.